The molecule has 0 radical (unpaired) electrons. The average molecular weight is 280 g/mol. The number of hydrogen-bond donors (Lipinski definition) is 0. The van der Waals surface area contributed by atoms with Crippen molar-refractivity contribution in [3.8, 4) is 11.6 Å². The topological polar surface area (TPSA) is 78.2 Å². The highest BCUT2D eigenvalue weighted by Crippen LogP contribution is 2.32. The van der Waals surface area contributed by atoms with Crippen molar-refractivity contribution in [1.29, 1.82) is 0 Å². The summed E-state index contributed by atoms with van der Waals surface area (Å²) in [5.74, 6) is 0.322. The quantitative estimate of drug-likeness (QED) is 0.635. The van der Waals surface area contributed by atoms with Crippen LogP contribution in [0.25, 0.3) is 0 Å². The number of hydrogen-bond acceptors (Lipinski definition) is 5. The van der Waals surface area contributed by atoms with Crippen molar-refractivity contribution in [2.45, 2.75) is 13.8 Å². The molecule has 2 aromatic rings. The minimum absolute atomic E-state index is 0.117. The van der Waals surface area contributed by atoms with E-state index in [4.69, 9.17) is 16.3 Å². The number of nitro benzene ring substituents is 1. The second-order valence-corrected chi connectivity index (χ2v) is 4.23. The third-order valence-corrected chi connectivity index (χ3v) is 3.05. The largest absolute Gasteiger partial charge is 0.430 e. The number of halogens is 1. The molecule has 0 aliphatic carbocycles. The van der Waals surface area contributed by atoms with Gasteiger partial charge in [-0.3, -0.25) is 10.1 Å². The summed E-state index contributed by atoms with van der Waals surface area (Å²) < 4.78 is 5.46. The van der Waals surface area contributed by atoms with Crippen LogP contribution in [0, 0.1) is 24.0 Å². The molecule has 6 nitrogen and oxygen atoms in total. The summed E-state index contributed by atoms with van der Waals surface area (Å²) >= 11 is 5.83. The van der Waals surface area contributed by atoms with Gasteiger partial charge in [-0.2, -0.15) is 0 Å². The van der Waals surface area contributed by atoms with Crippen LogP contribution in [0.3, 0.4) is 0 Å². The molecule has 98 valence electrons. The van der Waals surface area contributed by atoms with Crippen LogP contribution in [0.5, 0.6) is 11.6 Å². The van der Waals surface area contributed by atoms with Crippen LogP contribution in [0.15, 0.2) is 24.3 Å². The number of nitrogens with zero attached hydrogens (tertiary/aromatic N) is 3. The maximum Gasteiger partial charge on any atom is 0.311 e. The van der Waals surface area contributed by atoms with E-state index in [0.717, 1.165) is 5.56 Å². The molecular weight excluding hydrogens is 270 g/mol. The van der Waals surface area contributed by atoms with Gasteiger partial charge in [-0.05, 0) is 25.5 Å². The first-order valence-electron chi connectivity index (χ1n) is 5.41. The van der Waals surface area contributed by atoms with Gasteiger partial charge in [0.1, 0.15) is 0 Å². The standard InChI is InChI=1S/C12H10ClN3O3/c1-7-8(2)12(15-14-11(7)13)19-10-6-4-3-5-9(10)16(17)18/h3-6H,1-2H3. The van der Waals surface area contributed by atoms with Crippen LogP contribution in [-0.4, -0.2) is 15.1 Å². The van der Waals surface area contributed by atoms with Gasteiger partial charge in [0.05, 0.1) is 4.92 Å². The monoisotopic (exact) mass is 279 g/mol. The average Bonchev–Trinajstić information content (AvgIpc) is 2.40. The Hall–Kier alpha value is -2.21. The van der Waals surface area contributed by atoms with Gasteiger partial charge >= 0.3 is 5.69 Å². The number of ether oxygens (including phenoxy) is 1. The predicted molar refractivity (Wildman–Crippen MR) is 69.7 cm³/mol. The van der Waals surface area contributed by atoms with Gasteiger partial charge in [0.25, 0.3) is 0 Å². The highest BCUT2D eigenvalue weighted by atomic mass is 35.5. The SMILES string of the molecule is Cc1c(Cl)nnc(Oc2ccccc2[N+](=O)[O-])c1C. The molecule has 0 N–H and O–H groups in total. The third kappa shape index (κ3) is 2.63. The summed E-state index contributed by atoms with van der Waals surface area (Å²) in [5.41, 5.74) is 1.29. The third-order valence-electron chi connectivity index (χ3n) is 2.69. The van der Waals surface area contributed by atoms with Gasteiger partial charge in [0.2, 0.25) is 11.6 Å². The maximum atomic E-state index is 10.9. The number of benzene rings is 1. The molecule has 0 bridgehead atoms. The number of aromatic nitrogens is 2. The summed E-state index contributed by atoms with van der Waals surface area (Å²) in [7, 11) is 0. The summed E-state index contributed by atoms with van der Waals surface area (Å²) in [4.78, 5) is 10.4. The number of nitro groups is 1. The zero-order valence-electron chi connectivity index (χ0n) is 10.3. The van der Waals surface area contributed by atoms with Gasteiger partial charge < -0.3 is 4.74 Å². The Bertz CT molecular complexity index is 646. The summed E-state index contributed by atoms with van der Waals surface area (Å²) in [6, 6.07) is 6.08. The van der Waals surface area contributed by atoms with Crippen LogP contribution in [0.4, 0.5) is 5.69 Å². The molecule has 0 spiro atoms. The van der Waals surface area contributed by atoms with Crippen molar-refractivity contribution in [3.05, 3.63) is 50.7 Å². The molecule has 0 saturated carbocycles. The minimum Gasteiger partial charge on any atom is -0.430 e. The molecule has 1 aromatic carbocycles. The minimum atomic E-state index is -0.513. The molecule has 7 heteroatoms. The van der Waals surface area contributed by atoms with Crippen LogP contribution in [0.2, 0.25) is 5.15 Å². The zero-order chi connectivity index (χ0) is 14.0. The van der Waals surface area contributed by atoms with Gasteiger partial charge in [-0.15, -0.1) is 10.2 Å². The fraction of sp³-hybridized carbons (Fsp3) is 0.167. The molecule has 0 aliphatic rings. The second-order valence-electron chi connectivity index (χ2n) is 3.87. The molecule has 1 heterocycles. The lowest BCUT2D eigenvalue weighted by Crippen LogP contribution is -1.99. The van der Waals surface area contributed by atoms with E-state index in [1.54, 1.807) is 26.0 Å². The van der Waals surface area contributed by atoms with Gasteiger partial charge in [0.15, 0.2) is 5.15 Å². The Morgan fingerprint density at radius 3 is 2.58 bits per heavy atom. The molecule has 0 fully saturated rings. The Morgan fingerprint density at radius 2 is 1.89 bits per heavy atom. The smallest absolute Gasteiger partial charge is 0.311 e. The molecule has 0 amide bonds. The molecule has 0 saturated heterocycles. The first-order chi connectivity index (χ1) is 9.00. The van der Waals surface area contributed by atoms with Crippen LogP contribution in [0.1, 0.15) is 11.1 Å². The van der Waals surface area contributed by atoms with Crippen LogP contribution < -0.4 is 4.74 Å². The maximum absolute atomic E-state index is 10.9. The van der Waals surface area contributed by atoms with E-state index in [2.05, 4.69) is 10.2 Å². The highest BCUT2D eigenvalue weighted by molar-refractivity contribution is 6.30. The van der Waals surface area contributed by atoms with Crippen molar-refractivity contribution >= 4 is 17.3 Å². The summed E-state index contributed by atoms with van der Waals surface area (Å²) in [6.07, 6.45) is 0. The molecular formula is C12H10ClN3O3. The molecule has 2 rings (SSSR count). The van der Waals surface area contributed by atoms with E-state index in [-0.39, 0.29) is 22.5 Å². The summed E-state index contributed by atoms with van der Waals surface area (Å²) in [6.45, 7) is 3.54. The van der Waals surface area contributed by atoms with Gasteiger partial charge in [-0.25, -0.2) is 0 Å². The zero-order valence-corrected chi connectivity index (χ0v) is 11.0. The Morgan fingerprint density at radius 1 is 1.21 bits per heavy atom. The van der Waals surface area contributed by atoms with Crippen molar-refractivity contribution in [3.63, 3.8) is 0 Å². The van der Waals surface area contributed by atoms with E-state index >= 15 is 0 Å². The van der Waals surface area contributed by atoms with E-state index in [0.29, 0.717) is 5.56 Å². The highest BCUT2D eigenvalue weighted by Gasteiger charge is 2.17. The fourth-order valence-corrected chi connectivity index (χ4v) is 1.63. The Kier molecular flexibility index (Phi) is 3.62. The normalized spacial score (nSPS) is 10.3. The lowest BCUT2D eigenvalue weighted by atomic mass is 10.2. The van der Waals surface area contributed by atoms with Crippen molar-refractivity contribution in [2.24, 2.45) is 0 Å². The molecule has 1 aromatic heterocycles. The van der Waals surface area contributed by atoms with Crippen molar-refractivity contribution < 1.29 is 9.66 Å². The van der Waals surface area contributed by atoms with E-state index in [9.17, 15) is 10.1 Å². The predicted octanol–water partition coefficient (Wildman–Crippen LogP) is 3.45. The molecule has 0 unspecified atom stereocenters. The van der Waals surface area contributed by atoms with Gasteiger partial charge in [-0.1, -0.05) is 23.7 Å². The van der Waals surface area contributed by atoms with E-state index < -0.39 is 4.92 Å². The van der Waals surface area contributed by atoms with E-state index in [1.807, 2.05) is 0 Å². The first-order valence-corrected chi connectivity index (χ1v) is 5.79. The van der Waals surface area contributed by atoms with Crippen molar-refractivity contribution in [1.82, 2.24) is 10.2 Å². The Labute approximate surface area is 114 Å². The summed E-state index contributed by atoms with van der Waals surface area (Å²) in [5, 5.41) is 18.7. The van der Waals surface area contributed by atoms with Crippen LogP contribution >= 0.6 is 11.6 Å². The molecule has 0 atom stereocenters. The number of para-hydroxylation sites is 2. The number of rotatable bonds is 3. The first kappa shape index (κ1) is 13.2. The van der Waals surface area contributed by atoms with E-state index in [1.165, 1.54) is 12.1 Å². The lowest BCUT2D eigenvalue weighted by Gasteiger charge is -2.09. The molecule has 0 aliphatic heterocycles. The Balaban J connectivity index is 2.42. The fourth-order valence-electron chi connectivity index (χ4n) is 1.45. The van der Waals surface area contributed by atoms with Gasteiger partial charge in [0, 0.05) is 11.6 Å². The van der Waals surface area contributed by atoms with Crippen molar-refractivity contribution in [2.75, 3.05) is 0 Å². The second kappa shape index (κ2) is 5.19. The van der Waals surface area contributed by atoms with Crippen LogP contribution in [-0.2, 0) is 0 Å². The molecule has 19 heavy (non-hydrogen) atoms. The lowest BCUT2D eigenvalue weighted by molar-refractivity contribution is -0.385.